The molecule has 0 heterocycles. The average molecular weight is 286 g/mol. The van der Waals surface area contributed by atoms with Gasteiger partial charge in [0.25, 0.3) is 0 Å². The van der Waals surface area contributed by atoms with Crippen molar-refractivity contribution in [2.45, 2.75) is 0 Å². The Hall–Kier alpha value is -2.57. The normalized spacial score (nSPS) is 10.2. The lowest BCUT2D eigenvalue weighted by atomic mass is 10.3. The van der Waals surface area contributed by atoms with Crippen LogP contribution >= 0.6 is 0 Å². The minimum atomic E-state index is -1.67. The van der Waals surface area contributed by atoms with Gasteiger partial charge < -0.3 is 9.47 Å². The van der Waals surface area contributed by atoms with Gasteiger partial charge in [0.15, 0.2) is 23.3 Å². The molecule has 104 valence electrons. The third kappa shape index (κ3) is 2.87. The number of benzene rings is 2. The van der Waals surface area contributed by atoms with E-state index in [1.807, 2.05) is 0 Å². The van der Waals surface area contributed by atoms with Crippen LogP contribution in [0.5, 0.6) is 11.5 Å². The Morgan fingerprint density at radius 3 is 1.30 bits per heavy atom. The fourth-order valence-electron chi connectivity index (χ4n) is 1.35. The first-order valence-electron chi connectivity index (χ1n) is 5.26. The SMILES string of the molecule is O=C(Oc1c(F)cccc1F)Oc1c(F)cccc1F. The second-order valence-corrected chi connectivity index (χ2v) is 3.56. The third-order valence-electron chi connectivity index (χ3n) is 2.21. The molecule has 0 atom stereocenters. The van der Waals surface area contributed by atoms with Gasteiger partial charge in [-0.1, -0.05) is 12.1 Å². The molecule has 3 nitrogen and oxygen atoms in total. The van der Waals surface area contributed by atoms with Gasteiger partial charge in [0.2, 0.25) is 11.5 Å². The van der Waals surface area contributed by atoms with Crippen LogP contribution in [0.3, 0.4) is 0 Å². The molecule has 0 unspecified atom stereocenters. The first-order valence-corrected chi connectivity index (χ1v) is 5.26. The standard InChI is InChI=1S/C13H6F4O3/c14-7-3-1-4-8(15)11(7)19-13(18)20-12-9(16)5-2-6-10(12)17/h1-6H. The molecule has 0 fully saturated rings. The highest BCUT2D eigenvalue weighted by Gasteiger charge is 2.19. The van der Waals surface area contributed by atoms with Crippen LogP contribution in [-0.4, -0.2) is 6.16 Å². The average Bonchev–Trinajstić information content (AvgIpc) is 2.39. The number of carbonyl (C=O) groups excluding carboxylic acids is 1. The molecule has 0 amide bonds. The van der Waals surface area contributed by atoms with Crippen LogP contribution in [0.15, 0.2) is 36.4 Å². The molecule has 0 spiro atoms. The second kappa shape index (κ2) is 5.60. The van der Waals surface area contributed by atoms with Crippen molar-refractivity contribution >= 4 is 6.16 Å². The summed E-state index contributed by atoms with van der Waals surface area (Å²) >= 11 is 0. The maximum Gasteiger partial charge on any atom is 0.519 e. The number of rotatable bonds is 2. The first-order chi connectivity index (χ1) is 9.49. The number of carbonyl (C=O) groups is 1. The topological polar surface area (TPSA) is 35.5 Å². The lowest BCUT2D eigenvalue weighted by Gasteiger charge is -2.08. The van der Waals surface area contributed by atoms with Crippen molar-refractivity contribution < 1.29 is 31.8 Å². The van der Waals surface area contributed by atoms with Crippen LogP contribution in [0.4, 0.5) is 22.4 Å². The van der Waals surface area contributed by atoms with Crippen LogP contribution in [0.25, 0.3) is 0 Å². The fraction of sp³-hybridized carbons (Fsp3) is 0. The van der Waals surface area contributed by atoms with Gasteiger partial charge in [-0.2, -0.15) is 0 Å². The van der Waals surface area contributed by atoms with Crippen molar-refractivity contribution in [1.29, 1.82) is 0 Å². The van der Waals surface area contributed by atoms with Crippen molar-refractivity contribution in [3.05, 3.63) is 59.7 Å². The molecule has 0 saturated heterocycles. The van der Waals surface area contributed by atoms with E-state index < -0.39 is 40.9 Å². The zero-order valence-electron chi connectivity index (χ0n) is 9.70. The van der Waals surface area contributed by atoms with E-state index in [9.17, 15) is 22.4 Å². The summed E-state index contributed by atoms with van der Waals surface area (Å²) in [4.78, 5) is 11.3. The Bertz CT molecular complexity index is 562. The van der Waals surface area contributed by atoms with Crippen molar-refractivity contribution in [2.75, 3.05) is 0 Å². The molecular formula is C13H6F4O3. The van der Waals surface area contributed by atoms with Gasteiger partial charge in [-0.25, -0.2) is 22.4 Å². The molecule has 0 N–H and O–H groups in total. The molecule has 2 rings (SSSR count). The van der Waals surface area contributed by atoms with Gasteiger partial charge in [0.05, 0.1) is 0 Å². The quantitative estimate of drug-likeness (QED) is 0.478. The summed E-state index contributed by atoms with van der Waals surface area (Å²) in [7, 11) is 0. The van der Waals surface area contributed by atoms with Gasteiger partial charge in [-0.05, 0) is 24.3 Å². The molecule has 7 heteroatoms. The molecule has 0 aliphatic carbocycles. The maximum atomic E-state index is 13.2. The number of para-hydroxylation sites is 2. The lowest BCUT2D eigenvalue weighted by molar-refractivity contribution is 0.143. The summed E-state index contributed by atoms with van der Waals surface area (Å²) in [5.41, 5.74) is 0. The van der Waals surface area contributed by atoms with Crippen LogP contribution in [0.1, 0.15) is 0 Å². The Kier molecular flexibility index (Phi) is 3.88. The van der Waals surface area contributed by atoms with Crippen LogP contribution in [0.2, 0.25) is 0 Å². The van der Waals surface area contributed by atoms with E-state index in [0.717, 1.165) is 36.4 Å². The Balaban J connectivity index is 2.18. The van der Waals surface area contributed by atoms with Gasteiger partial charge in [-0.3, -0.25) is 0 Å². The van der Waals surface area contributed by atoms with E-state index in [-0.39, 0.29) is 0 Å². The van der Waals surface area contributed by atoms with Gasteiger partial charge >= 0.3 is 6.16 Å². The minimum Gasteiger partial charge on any atom is -0.388 e. The zero-order valence-corrected chi connectivity index (χ0v) is 9.70. The summed E-state index contributed by atoms with van der Waals surface area (Å²) in [6, 6.07) is 5.48. The van der Waals surface area contributed by atoms with Gasteiger partial charge in [-0.15, -0.1) is 0 Å². The van der Waals surface area contributed by atoms with E-state index in [1.165, 1.54) is 0 Å². The summed E-state index contributed by atoms with van der Waals surface area (Å²) in [6.45, 7) is 0. The predicted octanol–water partition coefficient (Wildman–Crippen LogP) is 3.82. The van der Waals surface area contributed by atoms with E-state index in [0.29, 0.717) is 0 Å². The largest absolute Gasteiger partial charge is 0.519 e. The van der Waals surface area contributed by atoms with Crippen LogP contribution in [0, 0.1) is 23.3 Å². The highest BCUT2D eigenvalue weighted by molar-refractivity contribution is 5.67. The fourth-order valence-corrected chi connectivity index (χ4v) is 1.35. The smallest absolute Gasteiger partial charge is 0.388 e. The first kappa shape index (κ1) is 13.9. The molecular weight excluding hydrogens is 280 g/mol. The maximum absolute atomic E-state index is 13.2. The van der Waals surface area contributed by atoms with E-state index >= 15 is 0 Å². The summed E-state index contributed by atoms with van der Waals surface area (Å²) in [6.07, 6.45) is -1.67. The number of ether oxygens (including phenoxy) is 2. The molecule has 0 aliphatic rings. The summed E-state index contributed by atoms with van der Waals surface area (Å²) in [5.74, 6) is -6.66. The van der Waals surface area contributed by atoms with E-state index in [4.69, 9.17) is 0 Å². The van der Waals surface area contributed by atoms with Gasteiger partial charge in [0, 0.05) is 0 Å². The third-order valence-corrected chi connectivity index (χ3v) is 2.21. The van der Waals surface area contributed by atoms with Crippen LogP contribution < -0.4 is 9.47 Å². The van der Waals surface area contributed by atoms with Crippen molar-refractivity contribution in [3.8, 4) is 11.5 Å². The van der Waals surface area contributed by atoms with E-state index in [1.54, 1.807) is 0 Å². The predicted molar refractivity (Wildman–Crippen MR) is 59.4 cm³/mol. The molecule has 0 bridgehead atoms. The monoisotopic (exact) mass is 286 g/mol. The number of hydrogen-bond acceptors (Lipinski definition) is 3. The Morgan fingerprint density at radius 1 is 0.700 bits per heavy atom. The Labute approximate surface area is 110 Å². The van der Waals surface area contributed by atoms with Crippen molar-refractivity contribution in [3.63, 3.8) is 0 Å². The molecule has 20 heavy (non-hydrogen) atoms. The lowest BCUT2D eigenvalue weighted by Crippen LogP contribution is -2.16. The molecule has 0 radical (unpaired) electrons. The number of halogens is 4. The zero-order chi connectivity index (χ0) is 14.7. The second-order valence-electron chi connectivity index (χ2n) is 3.56. The summed E-state index contributed by atoms with van der Waals surface area (Å²) in [5, 5.41) is 0. The van der Waals surface area contributed by atoms with Crippen molar-refractivity contribution in [1.82, 2.24) is 0 Å². The highest BCUT2D eigenvalue weighted by atomic mass is 19.1. The Morgan fingerprint density at radius 2 is 1.00 bits per heavy atom. The van der Waals surface area contributed by atoms with Crippen LogP contribution in [-0.2, 0) is 0 Å². The molecule has 2 aromatic rings. The highest BCUT2D eigenvalue weighted by Crippen LogP contribution is 2.24. The number of hydrogen-bond donors (Lipinski definition) is 0. The van der Waals surface area contributed by atoms with E-state index in [2.05, 4.69) is 9.47 Å². The minimum absolute atomic E-state index is 0.843. The summed E-state index contributed by atoms with van der Waals surface area (Å²) < 4.78 is 61.2. The molecule has 0 saturated carbocycles. The molecule has 2 aromatic carbocycles. The van der Waals surface area contributed by atoms with Crippen molar-refractivity contribution in [2.24, 2.45) is 0 Å². The van der Waals surface area contributed by atoms with Gasteiger partial charge in [0.1, 0.15) is 0 Å². The molecule has 0 aromatic heterocycles. The molecule has 0 aliphatic heterocycles.